The summed E-state index contributed by atoms with van der Waals surface area (Å²) in [4.78, 5) is 9.55. The van der Waals surface area contributed by atoms with Crippen molar-refractivity contribution in [3.63, 3.8) is 0 Å². The first-order valence-electron chi connectivity index (χ1n) is 8.29. The largest absolute Gasteiger partial charge is 0.300 e. The quantitative estimate of drug-likeness (QED) is 0.816. The minimum Gasteiger partial charge on any atom is -0.300 e. The van der Waals surface area contributed by atoms with E-state index in [1.807, 2.05) is 12.3 Å². The monoisotopic (exact) mass is 295 g/mol. The molecule has 2 aromatic rings. The molecule has 1 saturated heterocycles. The van der Waals surface area contributed by atoms with Gasteiger partial charge in [0, 0.05) is 57.6 Å². The van der Waals surface area contributed by atoms with Gasteiger partial charge in [0.1, 0.15) is 0 Å². The molecule has 3 rings (SSSR count). The van der Waals surface area contributed by atoms with E-state index in [2.05, 4.69) is 57.2 Å². The predicted molar refractivity (Wildman–Crippen MR) is 91.0 cm³/mol. The van der Waals surface area contributed by atoms with Gasteiger partial charge >= 0.3 is 0 Å². The van der Waals surface area contributed by atoms with E-state index in [0.717, 1.165) is 19.4 Å². The van der Waals surface area contributed by atoms with Crippen LogP contribution in [0.5, 0.6) is 0 Å². The molecule has 3 heteroatoms. The Hall–Kier alpha value is -1.71. The lowest BCUT2D eigenvalue weighted by molar-refractivity contribution is 0.134. The molecule has 1 aromatic carbocycles. The van der Waals surface area contributed by atoms with Crippen LogP contribution in [0.15, 0.2) is 54.7 Å². The molecule has 0 aliphatic carbocycles. The number of hydrogen-bond acceptors (Lipinski definition) is 3. The maximum absolute atomic E-state index is 4.40. The highest BCUT2D eigenvalue weighted by atomic mass is 15.3. The summed E-state index contributed by atoms with van der Waals surface area (Å²) >= 11 is 0. The van der Waals surface area contributed by atoms with Crippen LogP contribution >= 0.6 is 0 Å². The third-order valence-electron chi connectivity index (χ3n) is 4.43. The van der Waals surface area contributed by atoms with Crippen molar-refractivity contribution in [3.05, 3.63) is 66.0 Å². The SMILES string of the molecule is c1ccc(CCN2CCN(CCc3ccccn3)CC2)cc1. The minimum atomic E-state index is 1.06. The first-order valence-corrected chi connectivity index (χ1v) is 8.29. The molecule has 22 heavy (non-hydrogen) atoms. The molecule has 0 spiro atoms. The average molecular weight is 295 g/mol. The Morgan fingerprint density at radius 2 is 1.36 bits per heavy atom. The summed E-state index contributed by atoms with van der Waals surface area (Å²) in [7, 11) is 0. The van der Waals surface area contributed by atoms with Crippen LogP contribution in [0.3, 0.4) is 0 Å². The fourth-order valence-corrected chi connectivity index (χ4v) is 2.99. The summed E-state index contributed by atoms with van der Waals surface area (Å²) < 4.78 is 0. The Kier molecular flexibility index (Phi) is 5.57. The van der Waals surface area contributed by atoms with Crippen LogP contribution < -0.4 is 0 Å². The van der Waals surface area contributed by atoms with Crippen LogP contribution in [0.2, 0.25) is 0 Å². The van der Waals surface area contributed by atoms with Crippen molar-refractivity contribution < 1.29 is 0 Å². The summed E-state index contributed by atoms with van der Waals surface area (Å²) in [5.74, 6) is 0. The second-order valence-electron chi connectivity index (χ2n) is 5.99. The molecule has 1 aliphatic heterocycles. The fraction of sp³-hybridized carbons (Fsp3) is 0.421. The van der Waals surface area contributed by atoms with E-state index in [-0.39, 0.29) is 0 Å². The lowest BCUT2D eigenvalue weighted by atomic mass is 10.1. The first kappa shape index (κ1) is 15.2. The van der Waals surface area contributed by atoms with Crippen molar-refractivity contribution in [2.45, 2.75) is 12.8 Å². The van der Waals surface area contributed by atoms with Crippen molar-refractivity contribution in [2.24, 2.45) is 0 Å². The maximum Gasteiger partial charge on any atom is 0.0416 e. The van der Waals surface area contributed by atoms with Crippen molar-refractivity contribution in [1.29, 1.82) is 0 Å². The third-order valence-corrected chi connectivity index (χ3v) is 4.43. The molecule has 0 saturated carbocycles. The molecule has 2 heterocycles. The van der Waals surface area contributed by atoms with Gasteiger partial charge in [0.25, 0.3) is 0 Å². The van der Waals surface area contributed by atoms with Crippen molar-refractivity contribution in [2.75, 3.05) is 39.3 Å². The zero-order valence-electron chi connectivity index (χ0n) is 13.2. The molecule has 0 unspecified atom stereocenters. The number of nitrogens with zero attached hydrogens (tertiary/aromatic N) is 3. The zero-order valence-corrected chi connectivity index (χ0v) is 13.2. The van der Waals surface area contributed by atoms with Crippen LogP contribution in [-0.2, 0) is 12.8 Å². The number of hydrogen-bond donors (Lipinski definition) is 0. The van der Waals surface area contributed by atoms with Gasteiger partial charge in [-0.25, -0.2) is 0 Å². The van der Waals surface area contributed by atoms with Gasteiger partial charge < -0.3 is 9.80 Å². The number of benzene rings is 1. The molecule has 0 N–H and O–H groups in total. The molecule has 116 valence electrons. The van der Waals surface area contributed by atoms with Crippen molar-refractivity contribution in [3.8, 4) is 0 Å². The Labute approximate surface area is 133 Å². The van der Waals surface area contributed by atoms with Gasteiger partial charge in [-0.05, 0) is 24.1 Å². The van der Waals surface area contributed by atoms with E-state index >= 15 is 0 Å². The van der Waals surface area contributed by atoms with Gasteiger partial charge in [0.2, 0.25) is 0 Å². The van der Waals surface area contributed by atoms with Gasteiger partial charge in [-0.1, -0.05) is 36.4 Å². The molecule has 0 radical (unpaired) electrons. The molecular formula is C19H25N3. The van der Waals surface area contributed by atoms with E-state index in [0.29, 0.717) is 0 Å². The Morgan fingerprint density at radius 1 is 0.727 bits per heavy atom. The van der Waals surface area contributed by atoms with Gasteiger partial charge in [0.15, 0.2) is 0 Å². The molecule has 0 atom stereocenters. The van der Waals surface area contributed by atoms with Crippen molar-refractivity contribution >= 4 is 0 Å². The standard InChI is InChI=1S/C19H25N3/c1-2-6-18(7-3-1)9-12-21-14-16-22(17-15-21)13-10-19-8-4-5-11-20-19/h1-8,11H,9-10,12-17H2. The van der Waals surface area contributed by atoms with Crippen molar-refractivity contribution in [1.82, 2.24) is 14.8 Å². The summed E-state index contributed by atoms with van der Waals surface area (Å²) in [6.07, 6.45) is 4.11. The summed E-state index contributed by atoms with van der Waals surface area (Å²) in [5.41, 5.74) is 2.65. The normalized spacial score (nSPS) is 16.7. The Balaban J connectivity index is 1.35. The molecule has 1 aromatic heterocycles. The van der Waals surface area contributed by atoms with E-state index in [1.54, 1.807) is 0 Å². The molecule has 3 nitrogen and oxygen atoms in total. The Bertz CT molecular complexity index is 482. The summed E-state index contributed by atoms with van der Waals surface area (Å²) in [6.45, 7) is 7.05. The van der Waals surface area contributed by atoms with E-state index in [4.69, 9.17) is 0 Å². The predicted octanol–water partition coefficient (Wildman–Crippen LogP) is 2.48. The fourth-order valence-electron chi connectivity index (χ4n) is 2.99. The lowest BCUT2D eigenvalue weighted by Gasteiger charge is -2.34. The highest BCUT2D eigenvalue weighted by Gasteiger charge is 2.16. The third kappa shape index (κ3) is 4.65. The molecule has 0 bridgehead atoms. The van der Waals surface area contributed by atoms with Crippen LogP contribution in [0, 0.1) is 0 Å². The van der Waals surface area contributed by atoms with Crippen LogP contribution in [0.1, 0.15) is 11.3 Å². The Morgan fingerprint density at radius 3 is 2.00 bits per heavy atom. The highest BCUT2D eigenvalue weighted by Crippen LogP contribution is 2.06. The van der Waals surface area contributed by atoms with Crippen LogP contribution in [-0.4, -0.2) is 54.1 Å². The minimum absolute atomic E-state index is 1.06. The molecule has 1 fully saturated rings. The van der Waals surface area contributed by atoms with Gasteiger partial charge in [-0.3, -0.25) is 4.98 Å². The lowest BCUT2D eigenvalue weighted by Crippen LogP contribution is -2.47. The van der Waals surface area contributed by atoms with Crippen LogP contribution in [0.25, 0.3) is 0 Å². The summed E-state index contributed by atoms with van der Waals surface area (Å²) in [5, 5.41) is 0. The number of piperazine rings is 1. The van der Waals surface area contributed by atoms with E-state index in [9.17, 15) is 0 Å². The smallest absolute Gasteiger partial charge is 0.0416 e. The van der Waals surface area contributed by atoms with E-state index in [1.165, 1.54) is 44.0 Å². The molecular weight excluding hydrogens is 270 g/mol. The number of pyridine rings is 1. The maximum atomic E-state index is 4.40. The topological polar surface area (TPSA) is 19.4 Å². The average Bonchev–Trinajstić information content (AvgIpc) is 2.61. The number of rotatable bonds is 6. The zero-order chi connectivity index (χ0) is 15.0. The van der Waals surface area contributed by atoms with Crippen LogP contribution in [0.4, 0.5) is 0 Å². The second-order valence-corrected chi connectivity index (χ2v) is 5.99. The molecule has 1 aliphatic rings. The number of aromatic nitrogens is 1. The molecule has 0 amide bonds. The first-order chi connectivity index (χ1) is 10.9. The van der Waals surface area contributed by atoms with Gasteiger partial charge in [0.05, 0.1) is 0 Å². The second kappa shape index (κ2) is 8.06. The van der Waals surface area contributed by atoms with Gasteiger partial charge in [-0.15, -0.1) is 0 Å². The highest BCUT2D eigenvalue weighted by molar-refractivity contribution is 5.14. The summed E-state index contributed by atoms with van der Waals surface area (Å²) in [6, 6.07) is 17.0. The van der Waals surface area contributed by atoms with Gasteiger partial charge in [-0.2, -0.15) is 0 Å². The van der Waals surface area contributed by atoms with E-state index < -0.39 is 0 Å².